The lowest BCUT2D eigenvalue weighted by molar-refractivity contribution is 0.631. The molecule has 5 aromatic carbocycles. The van der Waals surface area contributed by atoms with Crippen LogP contribution < -0.4 is 0 Å². The van der Waals surface area contributed by atoms with E-state index < -0.39 is 13.7 Å². The smallest absolute Gasteiger partial charge is 0.149 e. The second-order valence-electron chi connectivity index (χ2n) is 12.4. The van der Waals surface area contributed by atoms with Gasteiger partial charge < -0.3 is 8.83 Å². The number of para-hydroxylation sites is 3. The van der Waals surface area contributed by atoms with Crippen LogP contribution in [0.2, 0.25) is 0 Å². The molecule has 45 heavy (non-hydrogen) atoms. The molecule has 0 unspecified atom stereocenters. The third-order valence-corrected chi connectivity index (χ3v) is 8.79. The predicted octanol–water partition coefficient (Wildman–Crippen LogP) is 11.9. The van der Waals surface area contributed by atoms with Crippen LogP contribution in [-0.4, -0.2) is 9.55 Å². The fraction of sp³-hybridized carbons (Fsp3) is 0.195. The predicted molar refractivity (Wildman–Crippen MR) is 187 cm³/mol. The van der Waals surface area contributed by atoms with Crippen LogP contribution in [0.1, 0.15) is 70.0 Å². The number of furan rings is 2. The lowest BCUT2D eigenvalue weighted by Gasteiger charge is -2.24. The van der Waals surface area contributed by atoms with Crippen LogP contribution >= 0.6 is 0 Å². The maximum atomic E-state index is 8.60. The summed E-state index contributed by atoms with van der Waals surface area (Å²) in [7, 11) is 0. The first-order valence-electron chi connectivity index (χ1n) is 18.4. The van der Waals surface area contributed by atoms with Gasteiger partial charge in [0.15, 0.2) is 0 Å². The molecule has 3 aromatic heterocycles. The zero-order valence-corrected chi connectivity index (χ0v) is 25.6. The average Bonchev–Trinajstić information content (AvgIpc) is 3.79. The Bertz CT molecular complexity index is 2570. The van der Waals surface area contributed by atoms with E-state index >= 15 is 0 Å². The van der Waals surface area contributed by atoms with Crippen molar-refractivity contribution in [2.75, 3.05) is 0 Å². The molecule has 3 heterocycles. The molecule has 0 N–H and O–H groups in total. The molecule has 222 valence electrons. The Morgan fingerprint density at radius 1 is 0.711 bits per heavy atom. The molecule has 0 bridgehead atoms. The van der Waals surface area contributed by atoms with Gasteiger partial charge >= 0.3 is 0 Å². The molecule has 8 rings (SSSR count). The minimum atomic E-state index is -2.45. The van der Waals surface area contributed by atoms with Gasteiger partial charge in [0.2, 0.25) is 0 Å². The fourth-order valence-electron chi connectivity index (χ4n) is 6.61. The number of nitrogens with zero attached hydrogens (tertiary/aromatic N) is 2. The van der Waals surface area contributed by atoms with Crippen molar-refractivity contribution in [2.24, 2.45) is 0 Å². The second kappa shape index (κ2) is 10.2. The zero-order valence-electron chi connectivity index (χ0n) is 31.6. The SMILES string of the molecule is [2H]C([2H])([2H])c1ccc(-c2nc3cccc(C([2H])([2H])[2H])c3n2-c2c(C(C)C)cc(-c3cc4ccccc4o3)cc2C(C)C)c2oc3ccccc3c12. The number of fused-ring (bicyclic) bond motifs is 5. The molecule has 0 aliphatic carbocycles. The molecule has 0 saturated carbocycles. The van der Waals surface area contributed by atoms with Crippen LogP contribution in [0.3, 0.4) is 0 Å². The Labute approximate surface area is 271 Å². The molecule has 0 radical (unpaired) electrons. The van der Waals surface area contributed by atoms with E-state index in [4.69, 9.17) is 22.0 Å². The van der Waals surface area contributed by atoms with Gasteiger partial charge in [-0.2, -0.15) is 0 Å². The van der Waals surface area contributed by atoms with Gasteiger partial charge in [0.25, 0.3) is 0 Å². The van der Waals surface area contributed by atoms with Crippen molar-refractivity contribution >= 4 is 43.9 Å². The van der Waals surface area contributed by atoms with Crippen LogP contribution in [-0.2, 0) is 0 Å². The number of hydrogen-bond acceptors (Lipinski definition) is 3. The molecule has 0 atom stereocenters. The number of benzene rings is 5. The summed E-state index contributed by atoms with van der Waals surface area (Å²) >= 11 is 0. The molecule has 0 aliphatic heterocycles. The van der Waals surface area contributed by atoms with Crippen LogP contribution in [0.15, 0.2) is 106 Å². The van der Waals surface area contributed by atoms with Crippen LogP contribution in [0.25, 0.3) is 72.3 Å². The average molecular weight is 595 g/mol. The largest absolute Gasteiger partial charge is 0.456 e. The number of aromatic nitrogens is 2. The zero-order chi connectivity index (χ0) is 36.0. The first-order chi connectivity index (χ1) is 24.2. The highest BCUT2D eigenvalue weighted by molar-refractivity contribution is 6.11. The molecular formula is C41H36N2O2. The van der Waals surface area contributed by atoms with E-state index in [1.165, 1.54) is 0 Å². The van der Waals surface area contributed by atoms with Gasteiger partial charge in [-0.15, -0.1) is 0 Å². The number of aryl methyl sites for hydroxylation is 2. The van der Waals surface area contributed by atoms with E-state index in [-0.39, 0.29) is 23.0 Å². The summed E-state index contributed by atoms with van der Waals surface area (Å²) in [6.07, 6.45) is 0. The minimum absolute atomic E-state index is 0.0104. The van der Waals surface area contributed by atoms with Crippen LogP contribution in [0, 0.1) is 13.7 Å². The highest BCUT2D eigenvalue weighted by Gasteiger charge is 2.27. The Balaban J connectivity index is 1.53. The van der Waals surface area contributed by atoms with E-state index in [2.05, 4.69) is 39.8 Å². The van der Waals surface area contributed by atoms with E-state index in [0.29, 0.717) is 44.4 Å². The first-order valence-corrected chi connectivity index (χ1v) is 15.4. The summed E-state index contributed by atoms with van der Waals surface area (Å²) in [4.78, 5) is 5.15. The van der Waals surface area contributed by atoms with Crippen molar-refractivity contribution in [1.29, 1.82) is 0 Å². The molecule has 8 aromatic rings. The van der Waals surface area contributed by atoms with Gasteiger partial charge in [0.05, 0.1) is 22.3 Å². The Morgan fingerprint density at radius 2 is 1.44 bits per heavy atom. The molecular weight excluding hydrogens is 552 g/mol. The topological polar surface area (TPSA) is 44.1 Å². The minimum Gasteiger partial charge on any atom is -0.456 e. The van der Waals surface area contributed by atoms with Gasteiger partial charge in [0.1, 0.15) is 28.3 Å². The van der Waals surface area contributed by atoms with Crippen molar-refractivity contribution < 1.29 is 17.1 Å². The molecule has 4 nitrogen and oxygen atoms in total. The van der Waals surface area contributed by atoms with Gasteiger partial charge in [-0.3, -0.25) is 4.57 Å². The van der Waals surface area contributed by atoms with Crippen LogP contribution in [0.5, 0.6) is 0 Å². The van der Waals surface area contributed by atoms with E-state index in [1.807, 2.05) is 65.2 Å². The summed E-state index contributed by atoms with van der Waals surface area (Å²) in [5.74, 6) is 1.23. The summed E-state index contributed by atoms with van der Waals surface area (Å²) in [6, 6.07) is 30.2. The summed E-state index contributed by atoms with van der Waals surface area (Å²) in [5, 5.41) is 2.19. The third-order valence-electron chi connectivity index (χ3n) is 8.79. The summed E-state index contributed by atoms with van der Waals surface area (Å²) < 4.78 is 65.8. The number of rotatable bonds is 5. The Morgan fingerprint density at radius 3 is 2.18 bits per heavy atom. The Kier molecular flexibility index (Phi) is 4.91. The van der Waals surface area contributed by atoms with E-state index in [0.717, 1.165) is 39.1 Å². The van der Waals surface area contributed by atoms with Crippen molar-refractivity contribution in [3.8, 4) is 28.4 Å². The molecule has 0 aliphatic rings. The monoisotopic (exact) mass is 594 g/mol. The summed E-state index contributed by atoms with van der Waals surface area (Å²) in [6.45, 7) is 3.64. The van der Waals surface area contributed by atoms with Gasteiger partial charge in [-0.25, -0.2) is 4.98 Å². The van der Waals surface area contributed by atoms with Gasteiger partial charge in [-0.1, -0.05) is 82.3 Å². The lowest BCUT2D eigenvalue weighted by atomic mass is 9.89. The maximum Gasteiger partial charge on any atom is 0.149 e. The van der Waals surface area contributed by atoms with Crippen LogP contribution in [0.4, 0.5) is 0 Å². The standard InChI is InChI=1S/C41H36N2O2/c1-23(2)31-20-28(36-22-27-13-7-9-16-34(27)44-36)21-32(24(3)4)39(31)43-38-26(6)12-11-15-33(38)42-41(43)30-19-18-25(5)37-29-14-8-10-17-35(29)45-40(30)37/h7-24H,1-6H3/i5D3,6D3. The quantitative estimate of drug-likeness (QED) is 0.199. The van der Waals surface area contributed by atoms with Crippen molar-refractivity contribution in [1.82, 2.24) is 9.55 Å². The van der Waals surface area contributed by atoms with Crippen molar-refractivity contribution in [3.05, 3.63) is 119 Å². The van der Waals surface area contributed by atoms with Crippen molar-refractivity contribution in [3.63, 3.8) is 0 Å². The molecule has 0 spiro atoms. The normalized spacial score (nSPS) is 14.7. The molecule has 4 heteroatoms. The highest BCUT2D eigenvalue weighted by Crippen LogP contribution is 2.44. The van der Waals surface area contributed by atoms with E-state index in [1.54, 1.807) is 24.3 Å². The first kappa shape index (κ1) is 21.6. The molecule has 0 amide bonds. The van der Waals surface area contributed by atoms with Gasteiger partial charge in [0, 0.05) is 29.9 Å². The van der Waals surface area contributed by atoms with Crippen molar-refractivity contribution in [2.45, 2.75) is 53.2 Å². The van der Waals surface area contributed by atoms with E-state index in [9.17, 15) is 0 Å². The second-order valence-corrected chi connectivity index (χ2v) is 12.4. The molecule has 0 fully saturated rings. The Hall–Kier alpha value is -5.09. The lowest BCUT2D eigenvalue weighted by Crippen LogP contribution is -2.10. The summed E-state index contributed by atoms with van der Waals surface area (Å²) in [5.41, 5.74) is 7.35. The highest BCUT2D eigenvalue weighted by atomic mass is 16.3. The maximum absolute atomic E-state index is 8.60. The molecule has 0 saturated heterocycles. The number of hydrogen-bond donors (Lipinski definition) is 0. The number of imidazole rings is 1. The third kappa shape index (κ3) is 4.23. The fourth-order valence-corrected chi connectivity index (χ4v) is 6.61. The van der Waals surface area contributed by atoms with Gasteiger partial charge in [-0.05, 0) is 90.3 Å².